The van der Waals surface area contributed by atoms with E-state index in [0.717, 1.165) is 22.3 Å². The van der Waals surface area contributed by atoms with Crippen LogP contribution in [0.15, 0.2) is 36.4 Å². The number of rotatable bonds is 8. The van der Waals surface area contributed by atoms with E-state index in [-0.39, 0.29) is 24.4 Å². The molecule has 0 aromatic heterocycles. The summed E-state index contributed by atoms with van der Waals surface area (Å²) < 4.78 is 11.0. The predicted molar refractivity (Wildman–Crippen MR) is 144 cm³/mol. The summed E-state index contributed by atoms with van der Waals surface area (Å²) >= 11 is 0. The first kappa shape index (κ1) is 29.6. The van der Waals surface area contributed by atoms with Crippen LogP contribution in [-0.2, 0) is 29.0 Å². The van der Waals surface area contributed by atoms with Crippen molar-refractivity contribution in [2.75, 3.05) is 0 Å². The Bertz CT molecular complexity index is 1100. The summed E-state index contributed by atoms with van der Waals surface area (Å²) in [5.41, 5.74) is 4.76. The Kier molecular flexibility index (Phi) is 10.2. The average Bonchev–Trinajstić information content (AvgIpc) is 2.92. The molecule has 0 radical (unpaired) electrons. The zero-order valence-electron chi connectivity index (χ0n) is 23.6. The van der Waals surface area contributed by atoms with Crippen molar-refractivity contribution < 1.29 is 43.4 Å². The van der Waals surface area contributed by atoms with Gasteiger partial charge >= 0.3 is 18.1 Å². The Morgan fingerprint density at radius 3 is 1.25 bits per heavy atom. The summed E-state index contributed by atoms with van der Waals surface area (Å²) in [6.45, 7) is 7.64. The van der Waals surface area contributed by atoms with Gasteiger partial charge in [0.15, 0.2) is 0 Å². The molecule has 2 aliphatic rings. The van der Waals surface area contributed by atoms with Gasteiger partial charge in [-0.25, -0.2) is 14.4 Å². The Labute approximate surface area is 234 Å². The highest BCUT2D eigenvalue weighted by molar-refractivity contribution is 5.91. The Hall–Kier alpha value is -3.43. The second-order valence-electron chi connectivity index (χ2n) is 10.9. The van der Waals surface area contributed by atoms with Gasteiger partial charge in [0.25, 0.3) is 0 Å². The van der Waals surface area contributed by atoms with Gasteiger partial charge < -0.3 is 9.47 Å². The molecule has 4 rings (SSSR count). The lowest BCUT2D eigenvalue weighted by atomic mass is 9.95. The van der Waals surface area contributed by atoms with Gasteiger partial charge in [-0.3, -0.25) is 9.78 Å². The lowest BCUT2D eigenvalue weighted by molar-refractivity contribution is -0.282. The molecule has 0 bridgehead atoms. The fourth-order valence-electron chi connectivity index (χ4n) is 5.19. The summed E-state index contributed by atoms with van der Waals surface area (Å²) in [5.74, 6) is -1.03. The van der Waals surface area contributed by atoms with Gasteiger partial charge in [0, 0.05) is 0 Å². The van der Waals surface area contributed by atoms with E-state index in [4.69, 9.17) is 29.0 Å². The van der Waals surface area contributed by atoms with Crippen LogP contribution in [0.25, 0.3) is 0 Å². The SMILES string of the molecule is Cc1ccc(C(=O)OOC2CCC(OC(=O)OC3CCC(OOC(=O)c4ccc(C)cc4C)CC3)CC2)c(C)c1. The average molecular weight is 555 g/mol. The molecule has 216 valence electrons. The topological polar surface area (TPSA) is 107 Å². The second kappa shape index (κ2) is 13.8. The van der Waals surface area contributed by atoms with Crippen LogP contribution in [0.4, 0.5) is 4.79 Å². The van der Waals surface area contributed by atoms with Crippen molar-refractivity contribution in [2.45, 2.75) is 103 Å². The number of hydrogen-bond acceptors (Lipinski definition) is 9. The molecule has 9 nitrogen and oxygen atoms in total. The first-order chi connectivity index (χ1) is 19.2. The van der Waals surface area contributed by atoms with Gasteiger partial charge in [0.05, 0.1) is 11.1 Å². The number of aryl methyl sites for hydroxylation is 4. The quantitative estimate of drug-likeness (QED) is 0.203. The number of carbonyl (C=O) groups is 3. The molecule has 0 atom stereocenters. The summed E-state index contributed by atoms with van der Waals surface area (Å²) in [4.78, 5) is 57.9. The molecule has 0 saturated heterocycles. The molecule has 2 saturated carbocycles. The molecular formula is C31H38O9. The van der Waals surface area contributed by atoms with E-state index in [2.05, 4.69) is 0 Å². The molecule has 0 spiro atoms. The van der Waals surface area contributed by atoms with E-state index in [1.165, 1.54) is 0 Å². The molecule has 0 N–H and O–H groups in total. The lowest BCUT2D eigenvalue weighted by Crippen LogP contribution is -2.32. The summed E-state index contributed by atoms with van der Waals surface area (Å²) in [5, 5.41) is 0. The van der Waals surface area contributed by atoms with Crippen LogP contribution in [0.1, 0.15) is 94.3 Å². The normalized spacial score (nSPS) is 22.7. The van der Waals surface area contributed by atoms with Crippen LogP contribution in [0.3, 0.4) is 0 Å². The van der Waals surface area contributed by atoms with E-state index >= 15 is 0 Å². The van der Waals surface area contributed by atoms with Gasteiger partial charge in [0.1, 0.15) is 24.4 Å². The van der Waals surface area contributed by atoms with Crippen LogP contribution < -0.4 is 0 Å². The fraction of sp³-hybridized carbons (Fsp3) is 0.516. The van der Waals surface area contributed by atoms with Crippen LogP contribution in [0.2, 0.25) is 0 Å². The molecular weight excluding hydrogens is 516 g/mol. The Morgan fingerprint density at radius 1 is 0.550 bits per heavy atom. The minimum Gasteiger partial charge on any atom is -0.431 e. The summed E-state index contributed by atoms with van der Waals surface area (Å²) in [6.07, 6.45) is 3.04. The maximum absolute atomic E-state index is 12.4. The summed E-state index contributed by atoms with van der Waals surface area (Å²) in [6, 6.07) is 11.0. The zero-order valence-corrected chi connectivity index (χ0v) is 23.6. The maximum Gasteiger partial charge on any atom is 0.508 e. The van der Waals surface area contributed by atoms with Crippen LogP contribution in [0.5, 0.6) is 0 Å². The van der Waals surface area contributed by atoms with Crippen molar-refractivity contribution in [1.82, 2.24) is 0 Å². The van der Waals surface area contributed by atoms with Gasteiger partial charge in [-0.05, 0) is 102 Å². The third-order valence-corrected chi connectivity index (χ3v) is 7.49. The van der Waals surface area contributed by atoms with E-state index in [1.54, 1.807) is 12.1 Å². The molecule has 9 heteroatoms. The molecule has 2 aromatic carbocycles. The van der Waals surface area contributed by atoms with Gasteiger partial charge in [-0.2, -0.15) is 9.78 Å². The lowest BCUT2D eigenvalue weighted by Gasteiger charge is -2.29. The number of hydrogen-bond donors (Lipinski definition) is 0. The molecule has 40 heavy (non-hydrogen) atoms. The highest BCUT2D eigenvalue weighted by atomic mass is 17.2. The molecule has 2 aromatic rings. The van der Waals surface area contributed by atoms with Gasteiger partial charge in [0.2, 0.25) is 0 Å². The van der Waals surface area contributed by atoms with E-state index in [1.807, 2.05) is 52.0 Å². The first-order valence-corrected chi connectivity index (χ1v) is 13.9. The third-order valence-electron chi connectivity index (χ3n) is 7.49. The van der Waals surface area contributed by atoms with E-state index in [0.29, 0.717) is 62.5 Å². The second-order valence-corrected chi connectivity index (χ2v) is 10.9. The summed E-state index contributed by atoms with van der Waals surface area (Å²) in [7, 11) is 0. The van der Waals surface area contributed by atoms with Crippen molar-refractivity contribution in [1.29, 1.82) is 0 Å². The highest BCUT2D eigenvalue weighted by Crippen LogP contribution is 2.27. The number of benzene rings is 2. The largest absolute Gasteiger partial charge is 0.508 e. The molecule has 0 unspecified atom stereocenters. The smallest absolute Gasteiger partial charge is 0.431 e. The number of ether oxygens (including phenoxy) is 2. The van der Waals surface area contributed by atoms with E-state index < -0.39 is 18.1 Å². The Balaban J connectivity index is 1.09. The fourth-order valence-corrected chi connectivity index (χ4v) is 5.19. The minimum atomic E-state index is -0.684. The molecule has 2 fully saturated rings. The number of carbonyl (C=O) groups excluding carboxylic acids is 3. The van der Waals surface area contributed by atoms with E-state index in [9.17, 15) is 14.4 Å². The van der Waals surface area contributed by atoms with Crippen molar-refractivity contribution in [3.63, 3.8) is 0 Å². The van der Waals surface area contributed by atoms with Crippen molar-refractivity contribution in [3.05, 3.63) is 69.8 Å². The standard InChI is InChI=1S/C31H38O9/c1-19-5-15-27(21(3)17-19)29(32)39-37-25-11-7-23(8-12-25)35-31(34)36-24-9-13-26(14-10-24)38-40-30(33)28-16-6-20(2)18-22(28)4/h5-6,15-18,23-26H,7-14H2,1-4H3. The van der Waals surface area contributed by atoms with Gasteiger partial charge in [-0.1, -0.05) is 35.4 Å². The Morgan fingerprint density at radius 2 is 0.900 bits per heavy atom. The maximum atomic E-state index is 12.4. The third kappa shape index (κ3) is 8.29. The molecule has 0 heterocycles. The molecule has 2 aliphatic carbocycles. The van der Waals surface area contributed by atoms with Crippen LogP contribution >= 0.6 is 0 Å². The first-order valence-electron chi connectivity index (χ1n) is 13.9. The highest BCUT2D eigenvalue weighted by Gasteiger charge is 2.30. The van der Waals surface area contributed by atoms with Crippen molar-refractivity contribution in [3.8, 4) is 0 Å². The molecule has 0 amide bonds. The van der Waals surface area contributed by atoms with Crippen LogP contribution in [-0.4, -0.2) is 42.5 Å². The van der Waals surface area contributed by atoms with Crippen molar-refractivity contribution in [2.24, 2.45) is 0 Å². The minimum absolute atomic E-state index is 0.245. The van der Waals surface area contributed by atoms with Crippen molar-refractivity contribution >= 4 is 18.1 Å². The molecule has 0 aliphatic heterocycles. The monoisotopic (exact) mass is 554 g/mol. The predicted octanol–water partition coefficient (Wildman–Crippen LogP) is 6.57. The van der Waals surface area contributed by atoms with Crippen LogP contribution in [0, 0.1) is 27.7 Å². The van der Waals surface area contributed by atoms with Gasteiger partial charge in [-0.15, -0.1) is 0 Å². The zero-order chi connectivity index (χ0) is 28.6.